The highest BCUT2D eigenvalue weighted by Crippen LogP contribution is 2.23. The van der Waals surface area contributed by atoms with E-state index in [4.69, 9.17) is 0 Å². The summed E-state index contributed by atoms with van der Waals surface area (Å²) in [6, 6.07) is 1.26. The van der Waals surface area contributed by atoms with Gasteiger partial charge in [0.25, 0.3) is 5.56 Å². The van der Waals surface area contributed by atoms with Crippen molar-refractivity contribution >= 4 is 0 Å². The predicted octanol–water partition coefficient (Wildman–Crippen LogP) is 1.69. The van der Waals surface area contributed by atoms with E-state index in [1.165, 1.54) is 6.07 Å². The van der Waals surface area contributed by atoms with E-state index in [0.717, 1.165) is 13.0 Å². The summed E-state index contributed by atoms with van der Waals surface area (Å²) >= 11 is 0. The molecule has 0 saturated heterocycles. The van der Waals surface area contributed by atoms with Gasteiger partial charge in [0.15, 0.2) is 0 Å². The van der Waals surface area contributed by atoms with Crippen LogP contribution in [0.5, 0.6) is 0 Å². The molecule has 0 fully saturated rings. The lowest BCUT2D eigenvalue weighted by Crippen LogP contribution is -2.32. The monoisotopic (exact) mass is 311 g/mol. The third-order valence-corrected chi connectivity index (χ3v) is 2.43. The number of nitrogens with zero attached hydrogens (tertiary/aromatic N) is 1. The van der Waals surface area contributed by atoms with E-state index < -0.39 is 31.1 Å². The zero-order valence-corrected chi connectivity index (χ0v) is 11.5. The Labute approximate surface area is 118 Å². The number of halogens is 4. The van der Waals surface area contributed by atoms with Crippen LogP contribution in [-0.4, -0.2) is 35.5 Å². The molecule has 9 heteroatoms. The third-order valence-electron chi connectivity index (χ3n) is 2.43. The Bertz CT molecular complexity index is 494. The molecular weight excluding hydrogens is 294 g/mol. The third kappa shape index (κ3) is 6.21. The van der Waals surface area contributed by atoms with Gasteiger partial charge in [0.05, 0.1) is 5.69 Å². The van der Waals surface area contributed by atoms with Crippen LogP contribution in [0.2, 0.25) is 0 Å². The Morgan fingerprint density at radius 1 is 1.48 bits per heavy atom. The maximum Gasteiger partial charge on any atom is 0.330 e. The fourth-order valence-corrected chi connectivity index (χ4v) is 1.46. The standard InChI is InChI=1S/C12H17F4N3O2/c1-2-3-17-5-8-4-10(20)19-9(18-8)6-21-7-12(15,16)11(13)14/h4,11,17H,2-3,5-7H2,1H3,(H,18,19,20). The maximum atomic E-state index is 12.6. The lowest BCUT2D eigenvalue weighted by Gasteiger charge is -2.14. The van der Waals surface area contributed by atoms with Gasteiger partial charge in [-0.15, -0.1) is 0 Å². The summed E-state index contributed by atoms with van der Waals surface area (Å²) in [6.45, 7) is 1.14. The molecule has 0 spiro atoms. The van der Waals surface area contributed by atoms with E-state index in [-0.39, 0.29) is 5.82 Å². The fourth-order valence-electron chi connectivity index (χ4n) is 1.46. The zero-order valence-electron chi connectivity index (χ0n) is 11.5. The molecule has 0 aliphatic carbocycles. The number of aromatic nitrogens is 2. The van der Waals surface area contributed by atoms with Crippen LogP contribution < -0.4 is 10.9 Å². The summed E-state index contributed by atoms with van der Waals surface area (Å²) in [5.74, 6) is -4.21. The first kappa shape index (κ1) is 17.6. The number of rotatable bonds is 9. The minimum absolute atomic E-state index is 0.0147. The summed E-state index contributed by atoms with van der Waals surface area (Å²) in [7, 11) is 0. The average Bonchev–Trinajstić information content (AvgIpc) is 2.38. The van der Waals surface area contributed by atoms with Gasteiger partial charge in [0.2, 0.25) is 0 Å². The Balaban J connectivity index is 2.57. The van der Waals surface area contributed by atoms with Crippen LogP contribution in [0.25, 0.3) is 0 Å². The molecule has 21 heavy (non-hydrogen) atoms. The minimum atomic E-state index is -4.22. The SMILES string of the molecule is CCCNCc1cc(=O)[nH]c(COCC(F)(F)C(F)F)n1. The van der Waals surface area contributed by atoms with E-state index in [2.05, 4.69) is 20.0 Å². The van der Waals surface area contributed by atoms with Gasteiger partial charge >= 0.3 is 12.3 Å². The van der Waals surface area contributed by atoms with Crippen molar-refractivity contribution in [1.29, 1.82) is 0 Å². The van der Waals surface area contributed by atoms with Crippen LogP contribution in [-0.2, 0) is 17.9 Å². The normalized spacial score (nSPS) is 12.1. The highest BCUT2D eigenvalue weighted by atomic mass is 19.3. The molecule has 0 saturated carbocycles. The van der Waals surface area contributed by atoms with Crippen LogP contribution in [0.1, 0.15) is 24.9 Å². The van der Waals surface area contributed by atoms with Gasteiger partial charge in [-0.25, -0.2) is 13.8 Å². The molecule has 1 rings (SSSR count). The number of H-pyrrole nitrogens is 1. The van der Waals surface area contributed by atoms with Gasteiger partial charge in [0, 0.05) is 12.6 Å². The molecule has 0 unspecified atom stereocenters. The van der Waals surface area contributed by atoms with Gasteiger partial charge in [-0.05, 0) is 13.0 Å². The van der Waals surface area contributed by atoms with Crippen molar-refractivity contribution in [3.8, 4) is 0 Å². The molecule has 5 nitrogen and oxygen atoms in total. The fraction of sp³-hybridized carbons (Fsp3) is 0.667. The number of hydrogen-bond donors (Lipinski definition) is 2. The van der Waals surface area contributed by atoms with E-state index in [1.807, 2.05) is 6.92 Å². The summed E-state index contributed by atoms with van der Waals surface area (Å²) in [5, 5.41) is 3.03. The summed E-state index contributed by atoms with van der Waals surface area (Å²) in [5.41, 5.74) is -0.0380. The summed E-state index contributed by atoms with van der Waals surface area (Å²) in [6.07, 6.45) is -2.89. The van der Waals surface area contributed by atoms with E-state index in [0.29, 0.717) is 12.2 Å². The van der Waals surface area contributed by atoms with Gasteiger partial charge in [-0.3, -0.25) is 4.79 Å². The number of hydrogen-bond acceptors (Lipinski definition) is 4. The Morgan fingerprint density at radius 2 is 2.19 bits per heavy atom. The lowest BCUT2D eigenvalue weighted by atomic mass is 10.3. The van der Waals surface area contributed by atoms with Crippen molar-refractivity contribution in [1.82, 2.24) is 15.3 Å². The van der Waals surface area contributed by atoms with Crippen molar-refractivity contribution in [2.45, 2.75) is 38.8 Å². The predicted molar refractivity (Wildman–Crippen MR) is 67.5 cm³/mol. The van der Waals surface area contributed by atoms with Crippen LogP contribution in [0.15, 0.2) is 10.9 Å². The first-order valence-corrected chi connectivity index (χ1v) is 6.38. The molecule has 0 bridgehead atoms. The van der Waals surface area contributed by atoms with Gasteiger partial charge in [0.1, 0.15) is 19.0 Å². The van der Waals surface area contributed by atoms with Crippen LogP contribution in [0.4, 0.5) is 17.6 Å². The number of aromatic amines is 1. The number of alkyl halides is 4. The molecule has 1 aromatic rings. The molecule has 1 heterocycles. The molecule has 0 aliphatic heterocycles. The lowest BCUT2D eigenvalue weighted by molar-refractivity contribution is -0.168. The molecule has 2 N–H and O–H groups in total. The highest BCUT2D eigenvalue weighted by molar-refractivity contribution is 5.02. The Hall–Kier alpha value is -1.48. The zero-order chi connectivity index (χ0) is 15.9. The van der Waals surface area contributed by atoms with Gasteiger partial charge in [-0.1, -0.05) is 6.92 Å². The second-order valence-electron chi connectivity index (χ2n) is 4.41. The van der Waals surface area contributed by atoms with Crippen LogP contribution >= 0.6 is 0 Å². The van der Waals surface area contributed by atoms with Crippen molar-refractivity contribution < 1.29 is 22.3 Å². The van der Waals surface area contributed by atoms with Crippen LogP contribution in [0, 0.1) is 0 Å². The molecule has 0 radical (unpaired) electrons. The van der Waals surface area contributed by atoms with Gasteiger partial charge in [-0.2, -0.15) is 8.78 Å². The molecule has 120 valence electrons. The molecule has 1 aromatic heterocycles. The Kier molecular flexibility index (Phi) is 6.76. The van der Waals surface area contributed by atoms with Crippen molar-refractivity contribution in [2.75, 3.05) is 13.2 Å². The quantitative estimate of drug-likeness (QED) is 0.538. The van der Waals surface area contributed by atoms with E-state index in [9.17, 15) is 22.4 Å². The van der Waals surface area contributed by atoms with Crippen molar-refractivity contribution in [3.63, 3.8) is 0 Å². The molecule has 0 aliphatic rings. The summed E-state index contributed by atoms with van der Waals surface area (Å²) in [4.78, 5) is 17.7. The van der Waals surface area contributed by atoms with E-state index in [1.54, 1.807) is 0 Å². The average molecular weight is 311 g/mol. The smallest absolute Gasteiger partial charge is 0.330 e. The topological polar surface area (TPSA) is 67.0 Å². The molecule has 0 atom stereocenters. The second-order valence-corrected chi connectivity index (χ2v) is 4.41. The number of ether oxygens (including phenoxy) is 1. The summed E-state index contributed by atoms with van der Waals surface area (Å²) < 4.78 is 53.6. The first-order valence-electron chi connectivity index (χ1n) is 6.38. The van der Waals surface area contributed by atoms with E-state index >= 15 is 0 Å². The Morgan fingerprint density at radius 3 is 2.81 bits per heavy atom. The maximum absolute atomic E-state index is 12.6. The van der Waals surface area contributed by atoms with Crippen molar-refractivity contribution in [3.05, 3.63) is 27.9 Å². The second kappa shape index (κ2) is 8.08. The number of nitrogens with one attached hydrogen (secondary N) is 2. The first-order chi connectivity index (χ1) is 9.85. The van der Waals surface area contributed by atoms with Crippen LogP contribution in [0.3, 0.4) is 0 Å². The highest BCUT2D eigenvalue weighted by Gasteiger charge is 2.40. The van der Waals surface area contributed by atoms with Gasteiger partial charge < -0.3 is 15.0 Å². The molecular formula is C12H17F4N3O2. The molecule has 0 aromatic carbocycles. The van der Waals surface area contributed by atoms with Crippen molar-refractivity contribution in [2.24, 2.45) is 0 Å². The largest absolute Gasteiger partial charge is 0.367 e. The minimum Gasteiger partial charge on any atom is -0.367 e. The molecule has 0 amide bonds.